The SMILES string of the molecule is CC1CC1(CO)c1cccc(F)c1. The van der Waals surface area contributed by atoms with Crippen molar-refractivity contribution in [1.82, 2.24) is 0 Å². The highest BCUT2D eigenvalue weighted by Crippen LogP contribution is 2.53. The summed E-state index contributed by atoms with van der Waals surface area (Å²) in [5.74, 6) is 0.253. The van der Waals surface area contributed by atoms with Crippen molar-refractivity contribution in [3.8, 4) is 0 Å². The molecule has 2 unspecified atom stereocenters. The summed E-state index contributed by atoms with van der Waals surface area (Å²) in [4.78, 5) is 0. The molecule has 1 aliphatic rings. The second-order valence-electron chi connectivity index (χ2n) is 3.93. The molecule has 0 saturated heterocycles. The van der Waals surface area contributed by atoms with E-state index >= 15 is 0 Å². The molecule has 0 aromatic heterocycles. The normalized spacial score (nSPS) is 31.8. The van der Waals surface area contributed by atoms with Crippen LogP contribution in [0.2, 0.25) is 0 Å². The Labute approximate surface area is 77.2 Å². The Bertz CT molecular complexity index is 320. The first-order valence-corrected chi connectivity index (χ1v) is 4.56. The number of aliphatic hydroxyl groups excluding tert-OH is 1. The molecule has 1 nitrogen and oxygen atoms in total. The second kappa shape index (κ2) is 2.81. The van der Waals surface area contributed by atoms with Gasteiger partial charge >= 0.3 is 0 Å². The Morgan fingerprint density at radius 1 is 1.62 bits per heavy atom. The minimum Gasteiger partial charge on any atom is -0.395 e. The Morgan fingerprint density at radius 3 is 2.77 bits per heavy atom. The van der Waals surface area contributed by atoms with Gasteiger partial charge in [-0.25, -0.2) is 4.39 Å². The highest BCUT2D eigenvalue weighted by atomic mass is 19.1. The van der Waals surface area contributed by atoms with Gasteiger partial charge in [-0.1, -0.05) is 19.1 Å². The van der Waals surface area contributed by atoms with Gasteiger partial charge in [0, 0.05) is 5.41 Å². The van der Waals surface area contributed by atoms with Gasteiger partial charge in [-0.15, -0.1) is 0 Å². The molecule has 13 heavy (non-hydrogen) atoms. The van der Waals surface area contributed by atoms with Crippen LogP contribution in [0.3, 0.4) is 0 Å². The number of hydrogen-bond donors (Lipinski definition) is 1. The first-order chi connectivity index (χ1) is 6.19. The van der Waals surface area contributed by atoms with Crippen molar-refractivity contribution in [3.05, 3.63) is 35.6 Å². The summed E-state index contributed by atoms with van der Waals surface area (Å²) in [5.41, 5.74) is 0.782. The van der Waals surface area contributed by atoms with Crippen molar-refractivity contribution in [2.24, 2.45) is 5.92 Å². The summed E-state index contributed by atoms with van der Waals surface area (Å²) in [6, 6.07) is 6.55. The standard InChI is InChI=1S/C11H13FO/c1-8-6-11(8,7-13)9-3-2-4-10(12)5-9/h2-5,8,13H,6-7H2,1H3. The van der Waals surface area contributed by atoms with Crippen LogP contribution >= 0.6 is 0 Å². The zero-order valence-corrected chi connectivity index (χ0v) is 7.63. The molecule has 1 fully saturated rings. The molecule has 1 N–H and O–H groups in total. The fraction of sp³-hybridized carbons (Fsp3) is 0.455. The Morgan fingerprint density at radius 2 is 2.31 bits per heavy atom. The Hall–Kier alpha value is -0.890. The fourth-order valence-corrected chi connectivity index (χ4v) is 2.00. The average molecular weight is 180 g/mol. The summed E-state index contributed by atoms with van der Waals surface area (Å²) in [5, 5.41) is 9.25. The third-order valence-electron chi connectivity index (χ3n) is 3.14. The Kier molecular flexibility index (Phi) is 1.88. The molecule has 1 aromatic carbocycles. The van der Waals surface area contributed by atoms with Crippen LogP contribution in [-0.4, -0.2) is 11.7 Å². The average Bonchev–Trinajstić information content (AvgIpc) is 2.78. The minimum atomic E-state index is -0.218. The number of benzene rings is 1. The highest BCUT2D eigenvalue weighted by molar-refractivity contribution is 5.33. The molecule has 0 aliphatic heterocycles. The maximum atomic E-state index is 12.9. The molecule has 1 aromatic rings. The molecule has 1 aliphatic carbocycles. The van der Waals surface area contributed by atoms with Crippen molar-refractivity contribution in [1.29, 1.82) is 0 Å². The van der Waals surface area contributed by atoms with E-state index in [2.05, 4.69) is 6.92 Å². The predicted molar refractivity (Wildman–Crippen MR) is 48.9 cm³/mol. The molecule has 2 heteroatoms. The minimum absolute atomic E-state index is 0.123. The molecule has 0 heterocycles. The molecule has 70 valence electrons. The summed E-state index contributed by atoms with van der Waals surface area (Å²) < 4.78 is 12.9. The van der Waals surface area contributed by atoms with Gasteiger partial charge in [-0.2, -0.15) is 0 Å². The monoisotopic (exact) mass is 180 g/mol. The van der Waals surface area contributed by atoms with Crippen LogP contribution in [0, 0.1) is 11.7 Å². The van der Waals surface area contributed by atoms with E-state index < -0.39 is 0 Å². The summed E-state index contributed by atoms with van der Waals surface area (Å²) in [6.45, 7) is 2.21. The van der Waals surface area contributed by atoms with E-state index in [1.165, 1.54) is 12.1 Å². The second-order valence-corrected chi connectivity index (χ2v) is 3.93. The first-order valence-electron chi connectivity index (χ1n) is 4.56. The molecule has 2 rings (SSSR count). The van der Waals surface area contributed by atoms with Crippen LogP contribution in [0.15, 0.2) is 24.3 Å². The van der Waals surface area contributed by atoms with Gasteiger partial charge < -0.3 is 5.11 Å². The van der Waals surface area contributed by atoms with Crippen LogP contribution in [0.5, 0.6) is 0 Å². The van der Waals surface area contributed by atoms with Crippen LogP contribution in [-0.2, 0) is 5.41 Å². The van der Waals surface area contributed by atoms with Gasteiger partial charge in [0.25, 0.3) is 0 Å². The largest absolute Gasteiger partial charge is 0.395 e. The van der Waals surface area contributed by atoms with Gasteiger partial charge in [0.05, 0.1) is 6.61 Å². The van der Waals surface area contributed by atoms with Gasteiger partial charge in [0.2, 0.25) is 0 Å². The van der Waals surface area contributed by atoms with Crippen LogP contribution in [0.1, 0.15) is 18.9 Å². The molecular weight excluding hydrogens is 167 g/mol. The van der Waals surface area contributed by atoms with E-state index in [0.29, 0.717) is 5.92 Å². The fourth-order valence-electron chi connectivity index (χ4n) is 2.00. The van der Waals surface area contributed by atoms with Crippen molar-refractivity contribution in [2.75, 3.05) is 6.61 Å². The van der Waals surface area contributed by atoms with Gasteiger partial charge in [0.1, 0.15) is 5.82 Å². The summed E-state index contributed by atoms with van der Waals surface area (Å²) >= 11 is 0. The van der Waals surface area contributed by atoms with Crippen LogP contribution < -0.4 is 0 Å². The van der Waals surface area contributed by atoms with Gasteiger partial charge in [0.15, 0.2) is 0 Å². The first kappa shape index (κ1) is 8.70. The molecule has 0 bridgehead atoms. The lowest BCUT2D eigenvalue weighted by molar-refractivity contribution is 0.247. The quantitative estimate of drug-likeness (QED) is 0.739. The van der Waals surface area contributed by atoms with E-state index in [-0.39, 0.29) is 17.8 Å². The zero-order chi connectivity index (χ0) is 9.47. The predicted octanol–water partition coefficient (Wildman–Crippen LogP) is 2.10. The maximum absolute atomic E-state index is 12.9. The summed E-state index contributed by atoms with van der Waals surface area (Å²) in [6.07, 6.45) is 0.965. The van der Waals surface area contributed by atoms with Crippen molar-refractivity contribution >= 4 is 0 Å². The van der Waals surface area contributed by atoms with Crippen molar-refractivity contribution < 1.29 is 9.50 Å². The molecular formula is C11H13FO. The van der Waals surface area contributed by atoms with E-state index in [0.717, 1.165) is 12.0 Å². The van der Waals surface area contributed by atoms with Crippen LogP contribution in [0.4, 0.5) is 4.39 Å². The third kappa shape index (κ3) is 1.25. The van der Waals surface area contributed by atoms with E-state index in [1.807, 2.05) is 6.07 Å². The number of halogens is 1. The van der Waals surface area contributed by atoms with E-state index in [4.69, 9.17) is 0 Å². The van der Waals surface area contributed by atoms with Crippen LogP contribution in [0.25, 0.3) is 0 Å². The summed E-state index contributed by atoms with van der Waals surface area (Å²) in [7, 11) is 0. The van der Waals surface area contributed by atoms with E-state index in [1.54, 1.807) is 6.07 Å². The van der Waals surface area contributed by atoms with Crippen molar-refractivity contribution in [3.63, 3.8) is 0 Å². The molecule has 2 atom stereocenters. The zero-order valence-electron chi connectivity index (χ0n) is 7.63. The van der Waals surface area contributed by atoms with Gasteiger partial charge in [-0.3, -0.25) is 0 Å². The van der Waals surface area contributed by atoms with E-state index in [9.17, 15) is 9.50 Å². The van der Waals surface area contributed by atoms with Crippen molar-refractivity contribution in [2.45, 2.75) is 18.8 Å². The molecule has 0 radical (unpaired) electrons. The third-order valence-corrected chi connectivity index (χ3v) is 3.14. The smallest absolute Gasteiger partial charge is 0.123 e. The number of rotatable bonds is 2. The highest BCUT2D eigenvalue weighted by Gasteiger charge is 2.51. The lowest BCUT2D eigenvalue weighted by Crippen LogP contribution is -2.14. The van der Waals surface area contributed by atoms with Gasteiger partial charge in [-0.05, 0) is 30.0 Å². The topological polar surface area (TPSA) is 20.2 Å². The maximum Gasteiger partial charge on any atom is 0.123 e. The number of aliphatic hydroxyl groups is 1. The Balaban J connectivity index is 2.35. The number of hydrogen-bond acceptors (Lipinski definition) is 1. The molecule has 0 amide bonds. The lowest BCUT2D eigenvalue weighted by atomic mass is 9.94. The molecule has 1 saturated carbocycles. The lowest BCUT2D eigenvalue weighted by Gasteiger charge is -2.13. The molecule has 0 spiro atoms.